The lowest BCUT2D eigenvalue weighted by molar-refractivity contribution is -0.0882. The molecule has 2 aromatic heterocycles. The molecule has 0 saturated carbocycles. The third-order valence-corrected chi connectivity index (χ3v) is 4.40. The van der Waals surface area contributed by atoms with Crippen LogP contribution in [0.25, 0.3) is 5.69 Å². The number of anilines is 1. The van der Waals surface area contributed by atoms with Crippen molar-refractivity contribution in [2.45, 2.75) is 6.18 Å². The van der Waals surface area contributed by atoms with Gasteiger partial charge in [0.1, 0.15) is 0 Å². The molecule has 128 valence electrons. The molecule has 1 amide bonds. The van der Waals surface area contributed by atoms with Crippen molar-refractivity contribution in [2.75, 3.05) is 5.32 Å². The highest BCUT2D eigenvalue weighted by atomic mass is 32.1. The highest BCUT2D eigenvalue weighted by Crippen LogP contribution is 2.27. The van der Waals surface area contributed by atoms with Gasteiger partial charge >= 0.3 is 6.18 Å². The van der Waals surface area contributed by atoms with Crippen LogP contribution in [-0.4, -0.2) is 22.4 Å². The molecule has 0 bridgehead atoms. The predicted molar refractivity (Wildman–Crippen MR) is 88.4 cm³/mol. The summed E-state index contributed by atoms with van der Waals surface area (Å²) in [6.45, 7) is 0. The third kappa shape index (κ3) is 3.80. The molecule has 0 fully saturated rings. The smallest absolute Gasteiger partial charge is 0.324 e. The van der Waals surface area contributed by atoms with Gasteiger partial charge in [0.2, 0.25) is 0 Å². The molecule has 3 aromatic rings. The number of ketones is 1. The lowest BCUT2D eigenvalue weighted by atomic mass is 10.2. The number of rotatable bonds is 4. The Balaban J connectivity index is 1.76. The fraction of sp³-hybridized carbons (Fsp3) is 0.0588. The topological polar surface area (TPSA) is 51.1 Å². The van der Waals surface area contributed by atoms with Gasteiger partial charge in [-0.15, -0.1) is 11.3 Å². The molecule has 25 heavy (non-hydrogen) atoms. The van der Waals surface area contributed by atoms with Gasteiger partial charge in [0.25, 0.3) is 11.7 Å². The Hall–Kier alpha value is -2.87. The standard InChI is InChI=1S/C17H11F3N2O2S/c18-17(19,20)15(23)13-6-7-14(25-13)16(24)21-11-4-3-5-12(10-11)22-8-1-2-9-22/h1-10H,(H,21,24). The Bertz CT molecular complexity index is 914. The van der Waals surface area contributed by atoms with E-state index >= 15 is 0 Å². The first-order chi connectivity index (χ1) is 11.8. The zero-order chi connectivity index (χ0) is 18.0. The van der Waals surface area contributed by atoms with Crippen molar-refractivity contribution in [3.05, 3.63) is 70.7 Å². The fourth-order valence-corrected chi connectivity index (χ4v) is 3.03. The number of nitrogens with zero attached hydrogens (tertiary/aromatic N) is 1. The number of carbonyl (C=O) groups excluding carboxylic acids is 2. The number of hydrogen-bond acceptors (Lipinski definition) is 3. The van der Waals surface area contributed by atoms with E-state index in [0.29, 0.717) is 17.0 Å². The van der Waals surface area contributed by atoms with Crippen LogP contribution in [-0.2, 0) is 0 Å². The molecule has 0 saturated heterocycles. The number of alkyl halides is 3. The Kier molecular flexibility index (Phi) is 4.45. The molecule has 0 spiro atoms. The molecule has 0 aliphatic rings. The van der Waals surface area contributed by atoms with Crippen molar-refractivity contribution in [1.82, 2.24) is 4.57 Å². The zero-order valence-corrected chi connectivity index (χ0v) is 13.4. The minimum atomic E-state index is -4.95. The number of amides is 1. The van der Waals surface area contributed by atoms with E-state index in [2.05, 4.69) is 5.32 Å². The Labute approximate surface area is 144 Å². The summed E-state index contributed by atoms with van der Waals surface area (Å²) in [7, 11) is 0. The van der Waals surface area contributed by atoms with Gasteiger partial charge in [-0.3, -0.25) is 9.59 Å². The number of aromatic nitrogens is 1. The summed E-state index contributed by atoms with van der Waals surface area (Å²) >= 11 is 0.510. The second-order valence-electron chi connectivity index (χ2n) is 5.09. The van der Waals surface area contributed by atoms with E-state index in [1.54, 1.807) is 18.2 Å². The zero-order valence-electron chi connectivity index (χ0n) is 12.6. The fourth-order valence-electron chi connectivity index (χ4n) is 2.17. The molecular weight excluding hydrogens is 353 g/mol. The maximum Gasteiger partial charge on any atom is 0.455 e. The Morgan fingerprint density at radius 3 is 2.32 bits per heavy atom. The first-order valence-corrected chi connectivity index (χ1v) is 7.92. The molecular formula is C17H11F3N2O2S. The van der Waals surface area contributed by atoms with E-state index < -0.39 is 22.7 Å². The van der Waals surface area contributed by atoms with Crippen LogP contribution >= 0.6 is 11.3 Å². The number of thiophene rings is 1. The van der Waals surface area contributed by atoms with Gasteiger partial charge in [-0.05, 0) is 42.5 Å². The van der Waals surface area contributed by atoms with E-state index in [1.165, 1.54) is 6.07 Å². The van der Waals surface area contributed by atoms with Gasteiger partial charge in [-0.25, -0.2) is 0 Å². The SMILES string of the molecule is O=C(Nc1cccc(-n2cccc2)c1)c1ccc(C(=O)C(F)(F)F)s1. The molecule has 1 aromatic carbocycles. The van der Waals surface area contributed by atoms with Gasteiger partial charge in [0.05, 0.1) is 9.75 Å². The summed E-state index contributed by atoms with van der Waals surface area (Å²) < 4.78 is 39.1. The molecule has 0 aliphatic carbocycles. The van der Waals surface area contributed by atoms with Crippen LogP contribution in [0.4, 0.5) is 18.9 Å². The normalized spacial score (nSPS) is 11.3. The van der Waals surface area contributed by atoms with E-state index in [1.807, 2.05) is 35.2 Å². The van der Waals surface area contributed by atoms with Crippen molar-refractivity contribution in [2.24, 2.45) is 0 Å². The quantitative estimate of drug-likeness (QED) is 0.691. The molecule has 2 heterocycles. The minimum absolute atomic E-state index is 0.0268. The summed E-state index contributed by atoms with van der Waals surface area (Å²) in [6, 6.07) is 12.9. The average Bonchev–Trinajstić information content (AvgIpc) is 3.25. The van der Waals surface area contributed by atoms with E-state index in [0.717, 1.165) is 11.8 Å². The van der Waals surface area contributed by atoms with Crippen LogP contribution in [0.1, 0.15) is 19.3 Å². The highest BCUT2D eigenvalue weighted by molar-refractivity contribution is 7.16. The van der Waals surface area contributed by atoms with E-state index in [9.17, 15) is 22.8 Å². The summed E-state index contributed by atoms with van der Waals surface area (Å²) in [4.78, 5) is 22.9. The van der Waals surface area contributed by atoms with Crippen LogP contribution in [0.5, 0.6) is 0 Å². The lowest BCUT2D eigenvalue weighted by Gasteiger charge is -2.07. The molecule has 0 aliphatic heterocycles. The molecule has 4 nitrogen and oxygen atoms in total. The monoisotopic (exact) mass is 364 g/mol. The second-order valence-corrected chi connectivity index (χ2v) is 6.17. The lowest BCUT2D eigenvalue weighted by Crippen LogP contribution is -2.21. The van der Waals surface area contributed by atoms with Crippen LogP contribution in [0.15, 0.2) is 60.9 Å². The highest BCUT2D eigenvalue weighted by Gasteiger charge is 2.40. The summed E-state index contributed by atoms with van der Waals surface area (Å²) in [5.41, 5.74) is 1.32. The van der Waals surface area contributed by atoms with Gasteiger partial charge in [0.15, 0.2) is 0 Å². The van der Waals surface area contributed by atoms with Crippen molar-refractivity contribution in [1.29, 1.82) is 0 Å². The van der Waals surface area contributed by atoms with Crippen molar-refractivity contribution < 1.29 is 22.8 Å². The van der Waals surface area contributed by atoms with E-state index in [4.69, 9.17) is 0 Å². The maximum absolute atomic E-state index is 12.4. The first-order valence-electron chi connectivity index (χ1n) is 7.11. The average molecular weight is 364 g/mol. The van der Waals surface area contributed by atoms with Crippen LogP contribution in [0.3, 0.4) is 0 Å². The molecule has 0 radical (unpaired) electrons. The minimum Gasteiger partial charge on any atom is -0.324 e. The number of Topliss-reactive ketones (excluding diaryl/α,β-unsaturated/α-hetero) is 1. The van der Waals surface area contributed by atoms with Gasteiger partial charge < -0.3 is 9.88 Å². The van der Waals surface area contributed by atoms with Crippen molar-refractivity contribution >= 4 is 28.7 Å². The predicted octanol–water partition coefficient (Wildman–Crippen LogP) is 4.54. The third-order valence-electron chi connectivity index (χ3n) is 3.32. The summed E-state index contributed by atoms with van der Waals surface area (Å²) in [5.74, 6) is -2.53. The maximum atomic E-state index is 12.4. The van der Waals surface area contributed by atoms with Crippen LogP contribution in [0.2, 0.25) is 0 Å². The van der Waals surface area contributed by atoms with Crippen molar-refractivity contribution in [3.8, 4) is 5.69 Å². The van der Waals surface area contributed by atoms with Crippen LogP contribution < -0.4 is 5.32 Å². The molecule has 3 rings (SSSR count). The number of hydrogen-bond donors (Lipinski definition) is 1. The molecule has 8 heteroatoms. The molecule has 0 atom stereocenters. The van der Waals surface area contributed by atoms with E-state index in [-0.39, 0.29) is 4.88 Å². The summed E-state index contributed by atoms with van der Waals surface area (Å²) in [5, 5.41) is 2.62. The van der Waals surface area contributed by atoms with Crippen LogP contribution in [0, 0.1) is 0 Å². The van der Waals surface area contributed by atoms with Gasteiger partial charge in [0, 0.05) is 23.8 Å². The summed E-state index contributed by atoms with van der Waals surface area (Å²) in [6.07, 6.45) is -1.27. The largest absolute Gasteiger partial charge is 0.455 e. The number of halogens is 3. The molecule has 1 N–H and O–H groups in total. The number of carbonyl (C=O) groups is 2. The second kappa shape index (κ2) is 6.56. The number of benzene rings is 1. The van der Waals surface area contributed by atoms with Gasteiger partial charge in [-0.2, -0.15) is 13.2 Å². The number of nitrogens with one attached hydrogen (secondary N) is 1. The molecule has 0 unspecified atom stereocenters. The van der Waals surface area contributed by atoms with Crippen molar-refractivity contribution in [3.63, 3.8) is 0 Å². The Morgan fingerprint density at radius 2 is 1.64 bits per heavy atom. The Morgan fingerprint density at radius 1 is 0.960 bits per heavy atom. The van der Waals surface area contributed by atoms with Gasteiger partial charge in [-0.1, -0.05) is 6.07 Å². The first kappa shape index (κ1) is 17.0.